The third-order valence-electron chi connectivity index (χ3n) is 8.74. The highest BCUT2D eigenvalue weighted by atomic mass is 15.2. The maximum Gasteiger partial charge on any atom is 0.0366 e. The van der Waals surface area contributed by atoms with Crippen LogP contribution in [-0.2, 0) is 6.42 Å². The number of piperidine rings is 1. The Morgan fingerprint density at radius 1 is 1.00 bits per heavy atom. The molecule has 3 nitrogen and oxygen atoms in total. The van der Waals surface area contributed by atoms with Crippen LogP contribution in [0.1, 0.15) is 70.4 Å². The zero-order valence-electron chi connectivity index (χ0n) is 22.6. The second kappa shape index (κ2) is 11.2. The molecule has 0 N–H and O–H groups in total. The van der Waals surface area contributed by atoms with Crippen molar-refractivity contribution in [1.82, 2.24) is 14.8 Å². The molecule has 3 heterocycles. The van der Waals surface area contributed by atoms with E-state index in [0.29, 0.717) is 5.92 Å². The standard InChI is InChI=1S/C33H43N3/c1-24-8-7-9-25(2)33(24)26(3)20-28-21-31(23-34-22-28)30-12-10-29(11-13-30)27(4)35-18-14-32(15-19-35)36-16-5-6-17-36/h8,10-13,21-23,26,32H,4-7,9,14-20H2,1-3H3. The summed E-state index contributed by atoms with van der Waals surface area (Å²) < 4.78 is 0. The van der Waals surface area contributed by atoms with Crippen molar-refractivity contribution in [3.8, 4) is 11.1 Å². The number of likely N-dealkylation sites (tertiary alicyclic amines) is 2. The van der Waals surface area contributed by atoms with Gasteiger partial charge in [-0.15, -0.1) is 0 Å². The lowest BCUT2D eigenvalue weighted by Crippen LogP contribution is -2.42. The molecule has 2 aliphatic heterocycles. The molecule has 1 aromatic heterocycles. The molecule has 0 spiro atoms. The van der Waals surface area contributed by atoms with E-state index < -0.39 is 0 Å². The van der Waals surface area contributed by atoms with Crippen LogP contribution in [0.25, 0.3) is 16.8 Å². The first-order valence-electron chi connectivity index (χ1n) is 14.1. The minimum Gasteiger partial charge on any atom is -0.371 e. The lowest BCUT2D eigenvalue weighted by Gasteiger charge is -2.38. The van der Waals surface area contributed by atoms with Crippen LogP contribution >= 0.6 is 0 Å². The Kier molecular flexibility index (Phi) is 7.76. The molecule has 190 valence electrons. The van der Waals surface area contributed by atoms with E-state index in [1.807, 2.05) is 12.4 Å². The molecule has 36 heavy (non-hydrogen) atoms. The average molecular weight is 482 g/mol. The summed E-state index contributed by atoms with van der Waals surface area (Å²) in [7, 11) is 0. The molecule has 1 aliphatic carbocycles. The van der Waals surface area contributed by atoms with Crippen LogP contribution in [0.4, 0.5) is 0 Å². The summed E-state index contributed by atoms with van der Waals surface area (Å²) in [4.78, 5) is 9.81. The fraction of sp³-hybridized carbons (Fsp3) is 0.485. The van der Waals surface area contributed by atoms with Crippen LogP contribution in [0.5, 0.6) is 0 Å². The van der Waals surface area contributed by atoms with E-state index in [0.717, 1.165) is 25.6 Å². The minimum absolute atomic E-state index is 0.513. The van der Waals surface area contributed by atoms with E-state index in [1.165, 1.54) is 85.1 Å². The van der Waals surface area contributed by atoms with Crippen LogP contribution in [0.15, 0.2) is 72.1 Å². The molecule has 1 unspecified atom stereocenters. The number of benzene rings is 1. The van der Waals surface area contributed by atoms with Gasteiger partial charge in [0.2, 0.25) is 0 Å². The Morgan fingerprint density at radius 3 is 2.42 bits per heavy atom. The van der Waals surface area contributed by atoms with Crippen LogP contribution in [-0.4, -0.2) is 47.0 Å². The van der Waals surface area contributed by atoms with E-state index in [2.05, 4.69) is 78.5 Å². The van der Waals surface area contributed by atoms with Gasteiger partial charge in [-0.1, -0.05) is 55.0 Å². The second-order valence-corrected chi connectivity index (χ2v) is 11.3. The smallest absolute Gasteiger partial charge is 0.0366 e. The molecular formula is C33H43N3. The summed E-state index contributed by atoms with van der Waals surface area (Å²) in [5.41, 5.74) is 10.7. The number of hydrogen-bond donors (Lipinski definition) is 0. The highest BCUT2D eigenvalue weighted by Gasteiger charge is 2.27. The Bertz CT molecular complexity index is 1130. The van der Waals surface area contributed by atoms with Crippen molar-refractivity contribution in [3.63, 3.8) is 0 Å². The summed E-state index contributed by atoms with van der Waals surface area (Å²) in [6.07, 6.45) is 15.1. The molecule has 2 saturated heterocycles. The van der Waals surface area contributed by atoms with E-state index in [9.17, 15) is 0 Å². The molecule has 1 atom stereocenters. The number of rotatable bonds is 7. The van der Waals surface area contributed by atoms with Crippen molar-refractivity contribution in [1.29, 1.82) is 0 Å². The Morgan fingerprint density at radius 2 is 1.72 bits per heavy atom. The number of nitrogens with zero attached hydrogens (tertiary/aromatic N) is 3. The van der Waals surface area contributed by atoms with E-state index in [1.54, 1.807) is 11.1 Å². The normalized spacial score (nSPS) is 20.5. The molecule has 3 heteroatoms. The van der Waals surface area contributed by atoms with Crippen LogP contribution in [0.2, 0.25) is 0 Å². The Labute approximate surface area is 218 Å². The molecule has 3 aliphatic rings. The molecule has 0 amide bonds. The zero-order chi connectivity index (χ0) is 25.1. The van der Waals surface area contributed by atoms with Crippen LogP contribution in [0, 0.1) is 5.92 Å². The van der Waals surface area contributed by atoms with Gasteiger partial charge in [-0.05, 0) is 106 Å². The van der Waals surface area contributed by atoms with E-state index >= 15 is 0 Å². The number of allylic oxidation sites excluding steroid dienone is 4. The first kappa shape index (κ1) is 25.0. The quantitative estimate of drug-likeness (QED) is 0.408. The summed E-state index contributed by atoms with van der Waals surface area (Å²) in [5.74, 6) is 0.513. The maximum atomic E-state index is 4.61. The SMILES string of the molecule is C=C(c1ccc(-c2cncc(CC(C)C3=C(C)CCC=C3C)c2)cc1)N1CCC(N2CCCC2)CC1. The zero-order valence-corrected chi connectivity index (χ0v) is 22.6. The minimum atomic E-state index is 0.513. The summed E-state index contributed by atoms with van der Waals surface area (Å²) in [5, 5.41) is 0. The third kappa shape index (κ3) is 5.52. The van der Waals surface area contributed by atoms with E-state index in [-0.39, 0.29) is 0 Å². The van der Waals surface area contributed by atoms with Crippen LogP contribution < -0.4 is 0 Å². The number of aromatic nitrogens is 1. The van der Waals surface area contributed by atoms with Crippen molar-refractivity contribution < 1.29 is 0 Å². The van der Waals surface area contributed by atoms with Crippen molar-refractivity contribution in [2.75, 3.05) is 26.2 Å². The van der Waals surface area contributed by atoms with Gasteiger partial charge in [0.1, 0.15) is 0 Å². The topological polar surface area (TPSA) is 19.4 Å². The van der Waals surface area contributed by atoms with Gasteiger partial charge in [-0.2, -0.15) is 0 Å². The first-order valence-corrected chi connectivity index (χ1v) is 14.1. The second-order valence-electron chi connectivity index (χ2n) is 11.3. The van der Waals surface area contributed by atoms with Gasteiger partial charge >= 0.3 is 0 Å². The summed E-state index contributed by atoms with van der Waals surface area (Å²) in [6.45, 7) is 16.3. The predicted molar refractivity (Wildman–Crippen MR) is 153 cm³/mol. The van der Waals surface area contributed by atoms with Gasteiger partial charge < -0.3 is 9.80 Å². The summed E-state index contributed by atoms with van der Waals surface area (Å²) >= 11 is 0. The average Bonchev–Trinajstić information content (AvgIpc) is 3.44. The summed E-state index contributed by atoms with van der Waals surface area (Å²) in [6, 6.07) is 12.1. The third-order valence-corrected chi connectivity index (χ3v) is 8.74. The van der Waals surface area contributed by atoms with Crippen molar-refractivity contribution >= 4 is 5.70 Å². The van der Waals surface area contributed by atoms with Crippen LogP contribution in [0.3, 0.4) is 0 Å². The molecule has 2 fully saturated rings. The van der Waals surface area contributed by atoms with E-state index in [4.69, 9.17) is 0 Å². The molecule has 1 aromatic carbocycles. The fourth-order valence-corrected chi connectivity index (χ4v) is 6.75. The largest absolute Gasteiger partial charge is 0.371 e. The lowest BCUT2D eigenvalue weighted by molar-refractivity contribution is 0.159. The molecule has 0 bridgehead atoms. The fourth-order valence-electron chi connectivity index (χ4n) is 6.75. The maximum absolute atomic E-state index is 4.61. The highest BCUT2D eigenvalue weighted by molar-refractivity contribution is 5.68. The van der Waals surface area contributed by atoms with Gasteiger partial charge in [0.05, 0.1) is 0 Å². The van der Waals surface area contributed by atoms with Gasteiger partial charge in [-0.3, -0.25) is 4.98 Å². The van der Waals surface area contributed by atoms with Gasteiger partial charge in [0.15, 0.2) is 0 Å². The highest BCUT2D eigenvalue weighted by Crippen LogP contribution is 2.33. The molecule has 2 aromatic rings. The van der Waals surface area contributed by atoms with Crippen molar-refractivity contribution in [2.24, 2.45) is 5.92 Å². The van der Waals surface area contributed by atoms with Crippen molar-refractivity contribution in [2.45, 2.75) is 71.8 Å². The molecule has 0 saturated carbocycles. The lowest BCUT2D eigenvalue weighted by atomic mass is 9.82. The van der Waals surface area contributed by atoms with Gasteiger partial charge in [-0.25, -0.2) is 0 Å². The van der Waals surface area contributed by atoms with Gasteiger partial charge in [0, 0.05) is 42.8 Å². The molecular weight excluding hydrogens is 438 g/mol. The Balaban J connectivity index is 1.22. The first-order chi connectivity index (χ1) is 17.5. The monoisotopic (exact) mass is 481 g/mol. The molecule has 0 radical (unpaired) electrons. The Hall–Kier alpha value is -2.65. The van der Waals surface area contributed by atoms with Gasteiger partial charge in [0.25, 0.3) is 0 Å². The number of hydrogen-bond acceptors (Lipinski definition) is 3. The predicted octanol–water partition coefficient (Wildman–Crippen LogP) is 7.51. The number of pyridine rings is 1. The molecule has 5 rings (SSSR count). The van der Waals surface area contributed by atoms with Crippen molar-refractivity contribution in [3.05, 3.63) is 83.2 Å².